The third-order valence-electron chi connectivity index (χ3n) is 6.24. The van der Waals surface area contributed by atoms with Gasteiger partial charge in [-0.1, -0.05) is 49.2 Å². The zero-order chi connectivity index (χ0) is 27.2. The summed E-state index contributed by atoms with van der Waals surface area (Å²) in [6.45, 7) is 4.80. The fourth-order valence-electron chi connectivity index (χ4n) is 4.10. The molecule has 5 rings (SSSR count). The van der Waals surface area contributed by atoms with E-state index >= 15 is 0 Å². The van der Waals surface area contributed by atoms with Gasteiger partial charge in [0.25, 0.3) is 0 Å². The summed E-state index contributed by atoms with van der Waals surface area (Å²) in [7, 11) is 0. The molecule has 3 aromatic carbocycles. The van der Waals surface area contributed by atoms with Crippen molar-refractivity contribution in [1.29, 1.82) is 5.26 Å². The predicted molar refractivity (Wildman–Crippen MR) is 155 cm³/mol. The fraction of sp³-hybridized carbons (Fsp3) is 0.194. The summed E-state index contributed by atoms with van der Waals surface area (Å²) in [5, 5.41) is 17.6. The van der Waals surface area contributed by atoms with Gasteiger partial charge in [0.05, 0.1) is 18.0 Å². The van der Waals surface area contributed by atoms with Crippen molar-refractivity contribution in [1.82, 2.24) is 14.8 Å². The number of aryl methyl sites for hydroxylation is 1. The molecule has 204 valence electrons. The standard InChI is InChI=1S/C31H28FN5O2.ClH/c1-3-4-16-38-28-15-14-23(17-26(28)32)29-24(20-37(36-29)25-8-6-5-7-9-25)19-34-31-27(18-33)35-30(39-31)22-12-10-21(2)11-13-22;/h5-15,17,20,34H,3-4,16,19H2,1-2H3;1H. The number of aromatic nitrogens is 3. The highest BCUT2D eigenvalue weighted by Crippen LogP contribution is 2.30. The van der Waals surface area contributed by atoms with E-state index in [1.54, 1.807) is 16.8 Å². The fourth-order valence-corrected chi connectivity index (χ4v) is 4.10. The molecule has 0 fully saturated rings. The van der Waals surface area contributed by atoms with Crippen molar-refractivity contribution in [2.75, 3.05) is 11.9 Å². The van der Waals surface area contributed by atoms with Gasteiger partial charge in [-0.3, -0.25) is 0 Å². The number of unbranched alkanes of at least 4 members (excludes halogenated alkanes) is 1. The molecule has 2 heterocycles. The zero-order valence-electron chi connectivity index (χ0n) is 22.2. The minimum atomic E-state index is -0.443. The average Bonchev–Trinajstić information content (AvgIpc) is 3.58. The molecule has 2 aromatic heterocycles. The lowest BCUT2D eigenvalue weighted by molar-refractivity contribution is 0.294. The lowest BCUT2D eigenvalue weighted by Crippen LogP contribution is -2.01. The van der Waals surface area contributed by atoms with Crippen molar-refractivity contribution in [3.63, 3.8) is 0 Å². The molecule has 0 atom stereocenters. The second-order valence-electron chi connectivity index (χ2n) is 9.16. The number of nitrogens with zero attached hydrogens (tertiary/aromatic N) is 4. The number of oxazole rings is 1. The van der Waals surface area contributed by atoms with Crippen molar-refractivity contribution < 1.29 is 13.5 Å². The Bertz CT molecular complexity index is 1610. The molecule has 0 aliphatic heterocycles. The molecule has 0 bridgehead atoms. The Labute approximate surface area is 238 Å². The second-order valence-corrected chi connectivity index (χ2v) is 9.16. The monoisotopic (exact) mass is 557 g/mol. The van der Waals surface area contributed by atoms with E-state index in [1.165, 1.54) is 6.07 Å². The molecule has 0 spiro atoms. The molecule has 0 amide bonds. The van der Waals surface area contributed by atoms with Crippen molar-refractivity contribution in [2.24, 2.45) is 0 Å². The molecule has 0 saturated heterocycles. The third-order valence-corrected chi connectivity index (χ3v) is 6.24. The van der Waals surface area contributed by atoms with E-state index in [1.807, 2.05) is 67.7 Å². The van der Waals surface area contributed by atoms with Gasteiger partial charge in [0, 0.05) is 29.4 Å². The van der Waals surface area contributed by atoms with Gasteiger partial charge in [0.15, 0.2) is 11.6 Å². The van der Waals surface area contributed by atoms with Crippen molar-refractivity contribution >= 4 is 18.3 Å². The number of hydrogen-bond donors (Lipinski definition) is 1. The van der Waals surface area contributed by atoms with Gasteiger partial charge in [-0.05, 0) is 55.8 Å². The van der Waals surface area contributed by atoms with Crippen LogP contribution in [0.5, 0.6) is 5.75 Å². The van der Waals surface area contributed by atoms with Gasteiger partial charge in [-0.25, -0.2) is 9.07 Å². The minimum Gasteiger partial charge on any atom is -0.491 e. The van der Waals surface area contributed by atoms with Crippen LogP contribution in [0.4, 0.5) is 10.3 Å². The summed E-state index contributed by atoms with van der Waals surface area (Å²) in [5.74, 6) is 0.396. The Kier molecular flexibility index (Phi) is 9.20. The number of nitrogens with one attached hydrogen (secondary N) is 1. The third kappa shape index (κ3) is 6.33. The first-order chi connectivity index (χ1) is 19.1. The highest BCUT2D eigenvalue weighted by molar-refractivity contribution is 5.85. The van der Waals surface area contributed by atoms with E-state index in [0.29, 0.717) is 23.8 Å². The largest absolute Gasteiger partial charge is 0.491 e. The summed E-state index contributed by atoms with van der Waals surface area (Å²) in [4.78, 5) is 4.35. The quantitative estimate of drug-likeness (QED) is 0.177. The molecule has 1 N–H and O–H groups in total. The summed E-state index contributed by atoms with van der Waals surface area (Å²) in [6, 6.07) is 24.4. The van der Waals surface area contributed by atoms with Gasteiger partial charge < -0.3 is 14.5 Å². The van der Waals surface area contributed by atoms with Crippen molar-refractivity contribution in [2.45, 2.75) is 33.2 Å². The maximum Gasteiger partial charge on any atom is 0.232 e. The Morgan fingerprint density at radius 3 is 2.50 bits per heavy atom. The highest BCUT2D eigenvalue weighted by atomic mass is 35.5. The number of hydrogen-bond acceptors (Lipinski definition) is 6. The Balaban J connectivity index is 0.00000370. The molecule has 9 heteroatoms. The first kappa shape index (κ1) is 28.4. The van der Waals surface area contributed by atoms with Crippen LogP contribution in [0.15, 0.2) is 83.4 Å². The summed E-state index contributed by atoms with van der Waals surface area (Å²) < 4.78 is 28.2. The molecule has 40 heavy (non-hydrogen) atoms. The number of benzene rings is 3. The van der Waals surface area contributed by atoms with E-state index in [2.05, 4.69) is 23.3 Å². The van der Waals surface area contributed by atoms with Gasteiger partial charge in [-0.15, -0.1) is 12.4 Å². The summed E-state index contributed by atoms with van der Waals surface area (Å²) in [5.41, 5.74) is 4.91. The molecule has 0 saturated carbocycles. The molecule has 5 aromatic rings. The number of nitriles is 1. The predicted octanol–water partition coefficient (Wildman–Crippen LogP) is 7.73. The highest BCUT2D eigenvalue weighted by Gasteiger charge is 2.18. The number of anilines is 1. The molecule has 0 aliphatic rings. The summed E-state index contributed by atoms with van der Waals surface area (Å²) >= 11 is 0. The van der Waals surface area contributed by atoms with Gasteiger partial charge in [0.2, 0.25) is 17.5 Å². The molecular weight excluding hydrogens is 529 g/mol. The van der Waals surface area contributed by atoms with Crippen LogP contribution in [-0.2, 0) is 6.54 Å². The number of halogens is 2. The Hall–Kier alpha value is -4.61. The van der Waals surface area contributed by atoms with E-state index < -0.39 is 5.82 Å². The molecular formula is C31H29ClFN5O2. The normalized spacial score (nSPS) is 10.6. The second kappa shape index (κ2) is 13.0. The van der Waals surface area contributed by atoms with Crippen LogP contribution in [-0.4, -0.2) is 21.4 Å². The number of rotatable bonds is 10. The van der Waals surface area contributed by atoms with E-state index in [9.17, 15) is 9.65 Å². The average molecular weight is 558 g/mol. The van der Waals surface area contributed by atoms with Crippen LogP contribution in [0, 0.1) is 24.1 Å². The van der Waals surface area contributed by atoms with Crippen LogP contribution < -0.4 is 10.1 Å². The van der Waals surface area contributed by atoms with E-state index in [0.717, 1.165) is 35.2 Å². The molecule has 0 radical (unpaired) electrons. The summed E-state index contributed by atoms with van der Waals surface area (Å²) in [6.07, 6.45) is 3.71. The number of ether oxygens (including phenoxy) is 1. The zero-order valence-corrected chi connectivity index (χ0v) is 23.0. The van der Waals surface area contributed by atoms with Crippen LogP contribution in [0.3, 0.4) is 0 Å². The lowest BCUT2D eigenvalue weighted by atomic mass is 10.1. The van der Waals surface area contributed by atoms with Crippen LogP contribution >= 0.6 is 12.4 Å². The van der Waals surface area contributed by atoms with Crippen LogP contribution in [0.25, 0.3) is 28.4 Å². The number of para-hydroxylation sites is 1. The van der Waals surface area contributed by atoms with Crippen molar-refractivity contribution in [3.05, 3.63) is 102 Å². The molecule has 0 unspecified atom stereocenters. The SMILES string of the molecule is CCCCOc1ccc(-c2nn(-c3ccccc3)cc2CNc2oc(-c3ccc(C)cc3)nc2C#N)cc1F.Cl. The van der Waals surface area contributed by atoms with Crippen LogP contribution in [0.1, 0.15) is 36.6 Å². The van der Waals surface area contributed by atoms with Crippen LogP contribution in [0.2, 0.25) is 0 Å². The van der Waals surface area contributed by atoms with E-state index in [-0.39, 0.29) is 36.3 Å². The minimum absolute atomic E-state index is 0. The smallest absolute Gasteiger partial charge is 0.232 e. The molecule has 7 nitrogen and oxygen atoms in total. The van der Waals surface area contributed by atoms with Gasteiger partial charge in [-0.2, -0.15) is 15.3 Å². The van der Waals surface area contributed by atoms with Gasteiger partial charge in [0.1, 0.15) is 6.07 Å². The first-order valence-electron chi connectivity index (χ1n) is 12.8. The first-order valence-corrected chi connectivity index (χ1v) is 12.8. The van der Waals surface area contributed by atoms with Gasteiger partial charge >= 0.3 is 0 Å². The Morgan fingerprint density at radius 2 is 1.80 bits per heavy atom. The molecule has 0 aliphatic carbocycles. The maximum atomic E-state index is 14.9. The van der Waals surface area contributed by atoms with Crippen molar-refractivity contribution in [3.8, 4) is 40.2 Å². The maximum absolute atomic E-state index is 14.9. The lowest BCUT2D eigenvalue weighted by Gasteiger charge is -2.09. The topological polar surface area (TPSA) is 88.9 Å². The Morgan fingerprint density at radius 1 is 1.05 bits per heavy atom. The van der Waals surface area contributed by atoms with E-state index in [4.69, 9.17) is 14.3 Å².